The van der Waals surface area contributed by atoms with Crippen molar-refractivity contribution < 1.29 is 9.59 Å². The number of aromatic nitrogens is 1. The molecule has 164 valence electrons. The average molecular weight is 533 g/mol. The largest absolute Gasteiger partial charge is 0.361 e. The lowest BCUT2D eigenvalue weighted by atomic mass is 9.85. The van der Waals surface area contributed by atoms with Gasteiger partial charge in [0.2, 0.25) is 11.8 Å². The number of H-pyrrole nitrogens is 1. The fourth-order valence-corrected chi connectivity index (χ4v) is 5.35. The van der Waals surface area contributed by atoms with Gasteiger partial charge >= 0.3 is 0 Å². The molecule has 3 N–H and O–H groups in total. The van der Waals surface area contributed by atoms with Crippen molar-refractivity contribution in [3.8, 4) is 0 Å². The number of fused-ring (bicyclic) bond motifs is 6. The molecule has 3 aliphatic rings. The number of para-hydroxylation sites is 1. The number of likely N-dealkylation sites (tertiary alicyclic amines) is 1. The monoisotopic (exact) mass is 533 g/mol. The highest BCUT2D eigenvalue weighted by atomic mass is 127. The third-order valence-corrected chi connectivity index (χ3v) is 6.77. The van der Waals surface area contributed by atoms with Gasteiger partial charge in [0.1, 0.15) is 0 Å². The van der Waals surface area contributed by atoms with E-state index in [9.17, 15) is 9.59 Å². The summed E-state index contributed by atoms with van der Waals surface area (Å²) in [5.74, 6) is 0.955. The zero-order valence-corrected chi connectivity index (χ0v) is 19.8. The molecular formula is C23H28IN5O2. The molecule has 0 radical (unpaired) electrons. The van der Waals surface area contributed by atoms with E-state index < -0.39 is 0 Å². The Bertz CT molecular complexity index is 1020. The molecule has 1 aromatic carbocycles. The van der Waals surface area contributed by atoms with Crippen LogP contribution >= 0.6 is 24.0 Å². The summed E-state index contributed by atoms with van der Waals surface area (Å²) in [4.78, 5) is 34.5. The smallest absolute Gasteiger partial charge is 0.233 e. The van der Waals surface area contributed by atoms with Crippen molar-refractivity contribution in [2.45, 2.75) is 12.8 Å². The lowest BCUT2D eigenvalue weighted by molar-refractivity contribution is -0.140. The normalized spacial score (nSPS) is 26.5. The van der Waals surface area contributed by atoms with Gasteiger partial charge in [0.25, 0.3) is 0 Å². The molecule has 2 fully saturated rings. The van der Waals surface area contributed by atoms with E-state index in [1.807, 2.05) is 18.3 Å². The number of carbonyl (C=O) groups is 2. The fraction of sp³-hybridized carbons (Fsp3) is 0.435. The van der Waals surface area contributed by atoms with Gasteiger partial charge in [-0.2, -0.15) is 0 Å². The zero-order chi connectivity index (χ0) is 20.7. The highest BCUT2D eigenvalue weighted by molar-refractivity contribution is 14.0. The Balaban J connectivity index is 0.00000231. The number of halogens is 1. The Hall–Kier alpha value is -2.36. The van der Waals surface area contributed by atoms with E-state index in [4.69, 9.17) is 0 Å². The number of imide groups is 1. The van der Waals surface area contributed by atoms with Crippen molar-refractivity contribution in [2.75, 3.05) is 26.7 Å². The molecule has 2 aliphatic carbocycles. The molecule has 7 nitrogen and oxygen atoms in total. The van der Waals surface area contributed by atoms with Crippen LogP contribution in [-0.2, 0) is 16.0 Å². The van der Waals surface area contributed by atoms with Gasteiger partial charge in [0.05, 0.1) is 11.8 Å². The molecule has 2 amide bonds. The van der Waals surface area contributed by atoms with Crippen LogP contribution in [0.15, 0.2) is 47.6 Å². The summed E-state index contributed by atoms with van der Waals surface area (Å²) >= 11 is 0. The maximum Gasteiger partial charge on any atom is 0.233 e. The number of nitrogens with zero attached hydrogens (tertiary/aromatic N) is 2. The van der Waals surface area contributed by atoms with Crippen molar-refractivity contribution in [1.82, 2.24) is 20.5 Å². The number of benzene rings is 1. The molecule has 5 rings (SSSR count). The van der Waals surface area contributed by atoms with Gasteiger partial charge in [-0.1, -0.05) is 30.4 Å². The van der Waals surface area contributed by atoms with Gasteiger partial charge in [-0.25, -0.2) is 0 Å². The SMILES string of the molecule is CN=C(NCCc1c[nH]c2ccccc12)NCCN1C(=O)C2C3C=CC(C3)C2C1=O.I. The first-order valence-electron chi connectivity index (χ1n) is 10.7. The maximum atomic E-state index is 12.7. The van der Waals surface area contributed by atoms with Crippen molar-refractivity contribution in [3.05, 3.63) is 48.2 Å². The molecule has 0 spiro atoms. The molecule has 1 saturated heterocycles. The quantitative estimate of drug-likeness (QED) is 0.175. The minimum absolute atomic E-state index is 0. The van der Waals surface area contributed by atoms with Crippen molar-refractivity contribution in [3.63, 3.8) is 0 Å². The number of hydrogen-bond acceptors (Lipinski definition) is 3. The van der Waals surface area contributed by atoms with Crippen LogP contribution in [0.2, 0.25) is 0 Å². The van der Waals surface area contributed by atoms with Crippen LogP contribution in [0, 0.1) is 23.7 Å². The van der Waals surface area contributed by atoms with Crippen molar-refractivity contribution in [2.24, 2.45) is 28.7 Å². The van der Waals surface area contributed by atoms with Gasteiger partial charge in [0, 0.05) is 43.8 Å². The van der Waals surface area contributed by atoms with Gasteiger partial charge in [0.15, 0.2) is 5.96 Å². The third-order valence-electron chi connectivity index (χ3n) is 6.77. The second kappa shape index (κ2) is 9.02. The number of guanidine groups is 1. The Kier molecular flexibility index (Phi) is 6.36. The number of aromatic amines is 1. The van der Waals surface area contributed by atoms with E-state index in [1.54, 1.807) is 7.05 Å². The summed E-state index contributed by atoms with van der Waals surface area (Å²) in [6.07, 6.45) is 8.13. The Morgan fingerprint density at radius 3 is 2.48 bits per heavy atom. The number of rotatable bonds is 6. The lowest BCUT2D eigenvalue weighted by Crippen LogP contribution is -2.44. The van der Waals surface area contributed by atoms with E-state index in [-0.39, 0.29) is 59.5 Å². The molecule has 2 heterocycles. The molecule has 8 heteroatoms. The van der Waals surface area contributed by atoms with Crippen molar-refractivity contribution >= 4 is 52.7 Å². The summed E-state index contributed by atoms with van der Waals surface area (Å²) in [5.41, 5.74) is 2.40. The Labute approximate surface area is 198 Å². The summed E-state index contributed by atoms with van der Waals surface area (Å²) in [7, 11) is 1.72. The van der Waals surface area contributed by atoms with E-state index in [2.05, 4.69) is 44.9 Å². The molecule has 1 aliphatic heterocycles. The highest BCUT2D eigenvalue weighted by Gasteiger charge is 2.58. The average Bonchev–Trinajstić information content (AvgIpc) is 3.52. The number of aliphatic imine (C=N–C) groups is 1. The number of nitrogens with one attached hydrogen (secondary N) is 3. The maximum absolute atomic E-state index is 12.7. The van der Waals surface area contributed by atoms with Crippen LogP contribution in [-0.4, -0.2) is 54.3 Å². The Morgan fingerprint density at radius 1 is 1.10 bits per heavy atom. The van der Waals surface area contributed by atoms with Crippen LogP contribution in [0.4, 0.5) is 0 Å². The van der Waals surface area contributed by atoms with Crippen molar-refractivity contribution in [1.29, 1.82) is 0 Å². The van der Waals surface area contributed by atoms with Gasteiger partial charge in [-0.15, -0.1) is 24.0 Å². The number of amides is 2. The van der Waals surface area contributed by atoms with Crippen LogP contribution < -0.4 is 10.6 Å². The van der Waals surface area contributed by atoms with Gasteiger partial charge in [-0.05, 0) is 36.3 Å². The molecule has 1 aromatic heterocycles. The first kappa shape index (κ1) is 21.9. The summed E-state index contributed by atoms with van der Waals surface area (Å²) in [5, 5.41) is 7.78. The number of hydrogen-bond donors (Lipinski definition) is 3. The van der Waals surface area contributed by atoms with Gasteiger partial charge < -0.3 is 15.6 Å². The molecule has 4 atom stereocenters. The van der Waals surface area contributed by atoms with Crippen LogP contribution in [0.5, 0.6) is 0 Å². The zero-order valence-electron chi connectivity index (χ0n) is 17.5. The van der Waals surface area contributed by atoms with E-state index >= 15 is 0 Å². The number of allylic oxidation sites excluding steroid dienone is 2. The van der Waals surface area contributed by atoms with E-state index in [1.165, 1.54) is 15.8 Å². The third kappa shape index (κ3) is 3.86. The topological polar surface area (TPSA) is 89.6 Å². The lowest BCUT2D eigenvalue weighted by Gasteiger charge is -2.18. The van der Waals surface area contributed by atoms with E-state index in [0.717, 1.165) is 24.9 Å². The fourth-order valence-electron chi connectivity index (χ4n) is 5.35. The molecule has 2 bridgehead atoms. The molecule has 2 aromatic rings. The molecule has 4 unspecified atom stereocenters. The van der Waals surface area contributed by atoms with Crippen LogP contribution in [0.3, 0.4) is 0 Å². The second-order valence-corrected chi connectivity index (χ2v) is 8.36. The highest BCUT2D eigenvalue weighted by Crippen LogP contribution is 2.52. The molecule has 31 heavy (non-hydrogen) atoms. The summed E-state index contributed by atoms with van der Waals surface area (Å²) in [6.45, 7) is 1.61. The van der Waals surface area contributed by atoms with E-state index in [0.29, 0.717) is 19.0 Å². The Morgan fingerprint density at radius 2 is 1.77 bits per heavy atom. The summed E-state index contributed by atoms with van der Waals surface area (Å²) < 4.78 is 0. The van der Waals surface area contributed by atoms with Crippen LogP contribution in [0.1, 0.15) is 12.0 Å². The predicted octanol–water partition coefficient (Wildman–Crippen LogP) is 2.30. The minimum atomic E-state index is -0.124. The standard InChI is InChI=1S/C23H27N5O2.HI/c1-24-23(25-9-8-16-13-27-18-5-3-2-4-17(16)18)26-10-11-28-21(29)19-14-6-7-15(12-14)20(19)22(28)30;/h2-7,13-15,19-20,27H,8-12H2,1H3,(H2,24,25,26);1H. The molecular weight excluding hydrogens is 505 g/mol. The van der Waals surface area contributed by atoms with Crippen LogP contribution in [0.25, 0.3) is 10.9 Å². The first-order valence-corrected chi connectivity index (χ1v) is 10.7. The predicted molar refractivity (Wildman–Crippen MR) is 131 cm³/mol. The second-order valence-electron chi connectivity index (χ2n) is 8.36. The van der Waals surface area contributed by atoms with Gasteiger partial charge in [-0.3, -0.25) is 19.5 Å². The number of carbonyl (C=O) groups excluding carboxylic acids is 2. The summed E-state index contributed by atoms with van der Waals surface area (Å²) in [6, 6.07) is 8.26. The first-order chi connectivity index (χ1) is 14.7. The minimum Gasteiger partial charge on any atom is -0.361 e. The molecule has 1 saturated carbocycles.